The lowest BCUT2D eigenvalue weighted by Crippen LogP contribution is -2.57. The Bertz CT molecular complexity index is 2770. The monoisotopic (exact) mass is 1020 g/mol. The number of carbonyl (C=O) groups excluding carboxylic acids is 3. The second-order valence-electron chi connectivity index (χ2n) is 19.1. The molecule has 0 radical (unpaired) electrons. The van der Waals surface area contributed by atoms with Crippen LogP contribution in [-0.2, 0) is 31.9 Å². The minimum atomic E-state index is -2.78. The number of hydrogen-bond donors (Lipinski definition) is 3. The van der Waals surface area contributed by atoms with E-state index in [0.717, 1.165) is 107 Å². The van der Waals surface area contributed by atoms with Crippen molar-refractivity contribution in [1.82, 2.24) is 40.0 Å². The highest BCUT2D eigenvalue weighted by Gasteiger charge is 2.34. The first kappa shape index (κ1) is 48.3. The zero-order chi connectivity index (χ0) is 48.4. The van der Waals surface area contributed by atoms with E-state index in [2.05, 4.69) is 104 Å². The first-order valence-corrected chi connectivity index (χ1v) is 27.3. The number of imide groups is 1. The number of aromatic nitrogens is 4. The van der Waals surface area contributed by atoms with Gasteiger partial charge in [0.1, 0.15) is 30.3 Å². The van der Waals surface area contributed by atoms with E-state index in [1.807, 2.05) is 19.1 Å². The van der Waals surface area contributed by atoms with Crippen molar-refractivity contribution in [2.24, 2.45) is 5.92 Å². The lowest BCUT2D eigenvalue weighted by Gasteiger charge is -2.47. The summed E-state index contributed by atoms with van der Waals surface area (Å²) < 4.78 is 20.2. The van der Waals surface area contributed by atoms with E-state index in [-0.39, 0.29) is 12.3 Å². The Morgan fingerprint density at radius 3 is 2.39 bits per heavy atom. The van der Waals surface area contributed by atoms with Gasteiger partial charge in [0.25, 0.3) is 0 Å². The molecule has 4 saturated heterocycles. The summed E-state index contributed by atoms with van der Waals surface area (Å²) in [5.41, 5.74) is 8.35. The molecule has 1 unspecified atom stereocenters. The van der Waals surface area contributed by atoms with Gasteiger partial charge in [-0.1, -0.05) is 13.0 Å². The number of carbonyl (C=O) groups is 3. The van der Waals surface area contributed by atoms with Crippen LogP contribution in [0.3, 0.4) is 0 Å². The molecule has 0 saturated carbocycles. The van der Waals surface area contributed by atoms with E-state index in [1.165, 1.54) is 16.2 Å². The standard InChI is InChI=1S/C50H62BrN12O5P/c1-6-34-24-41(56-50-54-26-38(51)48(58-50)55-40-10-9-39-46(53-16-15-52-39)47(40)69(4,5)67)44(68-3)25-43(34)61-17-13-36(14-18-61)60-21-19-59(20-22-60)27-33-28-62(29-33)37-8-7-32(2)35(23-37)30-63(31-64)42-11-12-45(65)57-49(42)66/h7-10,15-16,23-26,31,33,36,42H,6,11-14,17-22,27-30H2,1-5H3,(H,57,65,66)(H2,54,55,56,58). The minimum absolute atomic E-state index is 0.239. The van der Waals surface area contributed by atoms with Crippen molar-refractivity contribution in [3.8, 4) is 5.75 Å². The van der Waals surface area contributed by atoms with Crippen LogP contribution in [0.15, 0.2) is 65.5 Å². The van der Waals surface area contributed by atoms with Crippen LogP contribution < -0.4 is 35.8 Å². The van der Waals surface area contributed by atoms with Crippen molar-refractivity contribution in [2.45, 2.75) is 64.6 Å². The molecule has 9 rings (SSSR count). The van der Waals surface area contributed by atoms with Crippen molar-refractivity contribution in [2.75, 3.05) is 99.8 Å². The molecule has 4 fully saturated rings. The van der Waals surface area contributed by atoms with Gasteiger partial charge in [-0.3, -0.25) is 34.6 Å². The Hall–Kier alpha value is -5.68. The summed E-state index contributed by atoms with van der Waals surface area (Å²) >= 11 is 3.61. The van der Waals surface area contributed by atoms with Gasteiger partial charge in [-0.15, -0.1) is 0 Å². The van der Waals surface area contributed by atoms with E-state index < -0.39 is 19.1 Å². The first-order valence-electron chi connectivity index (χ1n) is 24.0. The summed E-state index contributed by atoms with van der Waals surface area (Å²) in [4.78, 5) is 66.3. The predicted molar refractivity (Wildman–Crippen MR) is 275 cm³/mol. The van der Waals surface area contributed by atoms with Crippen LogP contribution in [0.4, 0.5) is 34.5 Å². The Labute approximate surface area is 412 Å². The van der Waals surface area contributed by atoms with Crippen LogP contribution in [0.25, 0.3) is 11.0 Å². The average Bonchev–Trinajstić information content (AvgIpc) is 3.33. The molecule has 69 heavy (non-hydrogen) atoms. The second kappa shape index (κ2) is 20.7. The lowest BCUT2D eigenvalue weighted by molar-refractivity contribution is -0.141. The van der Waals surface area contributed by atoms with E-state index in [4.69, 9.17) is 9.72 Å². The van der Waals surface area contributed by atoms with Gasteiger partial charge in [0, 0.05) is 120 Å². The van der Waals surface area contributed by atoms with Crippen LogP contribution >= 0.6 is 23.1 Å². The van der Waals surface area contributed by atoms with Gasteiger partial charge in [-0.2, -0.15) is 4.98 Å². The number of rotatable bonds is 16. The molecular weight excluding hydrogens is 960 g/mol. The number of hydrogen-bond acceptors (Lipinski definition) is 15. The Balaban J connectivity index is 0.763. The molecule has 0 spiro atoms. The molecule has 4 aliphatic rings. The Morgan fingerprint density at radius 1 is 0.913 bits per heavy atom. The molecule has 5 aromatic rings. The highest BCUT2D eigenvalue weighted by Crippen LogP contribution is 2.42. The lowest BCUT2D eigenvalue weighted by atomic mass is 9.96. The van der Waals surface area contributed by atoms with Crippen LogP contribution in [0.5, 0.6) is 5.75 Å². The highest BCUT2D eigenvalue weighted by molar-refractivity contribution is 9.10. The number of fused-ring (bicyclic) bond motifs is 1. The second-order valence-corrected chi connectivity index (χ2v) is 23.1. The van der Waals surface area contributed by atoms with Crippen molar-refractivity contribution in [3.63, 3.8) is 0 Å². The summed E-state index contributed by atoms with van der Waals surface area (Å²) in [6.45, 7) is 17.4. The molecule has 17 nitrogen and oxygen atoms in total. The Morgan fingerprint density at radius 2 is 1.68 bits per heavy atom. The number of ether oxygens (including phenoxy) is 1. The van der Waals surface area contributed by atoms with Gasteiger partial charge < -0.3 is 39.5 Å². The van der Waals surface area contributed by atoms with Crippen LogP contribution in [0, 0.1) is 12.8 Å². The van der Waals surface area contributed by atoms with Gasteiger partial charge in [0.05, 0.1) is 33.8 Å². The van der Waals surface area contributed by atoms with Crippen molar-refractivity contribution >= 4 is 92.1 Å². The zero-order valence-corrected chi connectivity index (χ0v) is 42.6. The predicted octanol–water partition coefficient (Wildman–Crippen LogP) is 6.28. The first-order chi connectivity index (χ1) is 33.3. The molecule has 3 N–H and O–H groups in total. The number of nitrogens with one attached hydrogen (secondary N) is 3. The molecule has 0 bridgehead atoms. The number of benzene rings is 3. The number of nitrogens with zero attached hydrogens (tertiary/aromatic N) is 9. The molecule has 1 atom stereocenters. The third-order valence-corrected chi connectivity index (χ3v) is 16.3. The summed E-state index contributed by atoms with van der Waals surface area (Å²) in [7, 11) is -1.09. The van der Waals surface area contributed by atoms with Crippen molar-refractivity contribution in [3.05, 3.63) is 82.2 Å². The normalized spacial score (nSPS) is 18.8. The number of aryl methyl sites for hydroxylation is 2. The maximum atomic E-state index is 13.6. The average molecular weight is 1020 g/mol. The molecule has 364 valence electrons. The third-order valence-electron chi connectivity index (χ3n) is 14.2. The van der Waals surface area contributed by atoms with Gasteiger partial charge >= 0.3 is 0 Å². The number of halogens is 1. The molecule has 6 heterocycles. The van der Waals surface area contributed by atoms with E-state index in [0.29, 0.717) is 68.9 Å². The molecule has 3 aromatic carbocycles. The summed E-state index contributed by atoms with van der Waals surface area (Å²) in [6.07, 6.45) is 9.32. The van der Waals surface area contributed by atoms with Gasteiger partial charge in [0.15, 0.2) is 0 Å². The summed E-state index contributed by atoms with van der Waals surface area (Å²) in [6, 6.07) is 14.4. The maximum absolute atomic E-state index is 13.6. The Kier molecular flexibility index (Phi) is 14.5. The zero-order valence-electron chi connectivity index (χ0n) is 40.1. The minimum Gasteiger partial charge on any atom is -0.494 e. The van der Waals surface area contributed by atoms with Crippen molar-refractivity contribution < 1.29 is 23.7 Å². The number of piperazine rings is 1. The molecule has 19 heteroatoms. The van der Waals surface area contributed by atoms with Crippen LogP contribution in [0.2, 0.25) is 0 Å². The fraction of sp³-hybridized carbons (Fsp3) is 0.460. The number of piperidine rings is 2. The molecule has 3 amide bonds. The maximum Gasteiger partial charge on any atom is 0.249 e. The SMILES string of the molecule is CCc1cc(Nc2ncc(Br)c(Nc3ccc4nccnc4c3P(C)(C)=O)n2)c(OC)cc1N1CCC(N2CCN(CC3CN(c4ccc(C)c(CN(C=O)C5CCC(=O)NC5=O)c4)C3)CC2)CC1. The number of methoxy groups -OCH3 is 1. The van der Waals surface area contributed by atoms with Crippen molar-refractivity contribution in [1.29, 1.82) is 0 Å². The smallest absolute Gasteiger partial charge is 0.249 e. The molecule has 4 aliphatic heterocycles. The van der Waals surface area contributed by atoms with Crippen LogP contribution in [0.1, 0.15) is 49.3 Å². The number of amides is 3. The van der Waals surface area contributed by atoms with E-state index in [1.54, 1.807) is 39.0 Å². The molecular formula is C50H62BrN12O5P. The third kappa shape index (κ3) is 10.7. The molecule has 0 aliphatic carbocycles. The summed E-state index contributed by atoms with van der Waals surface area (Å²) in [5.74, 6) is 1.52. The van der Waals surface area contributed by atoms with Gasteiger partial charge in [-0.05, 0) is 109 Å². The largest absolute Gasteiger partial charge is 0.494 e. The molecule has 2 aromatic heterocycles. The summed E-state index contributed by atoms with van der Waals surface area (Å²) in [5, 5.41) is 9.79. The van der Waals surface area contributed by atoms with E-state index >= 15 is 0 Å². The highest BCUT2D eigenvalue weighted by atomic mass is 79.9. The fourth-order valence-corrected chi connectivity index (χ4v) is 12.1. The topological polar surface area (TPSA) is 181 Å². The quantitative estimate of drug-likeness (QED) is 0.0570. The fourth-order valence-electron chi connectivity index (χ4n) is 10.4. The van der Waals surface area contributed by atoms with Gasteiger partial charge in [-0.25, -0.2) is 4.98 Å². The number of anilines is 6. The van der Waals surface area contributed by atoms with Crippen LogP contribution in [-0.4, -0.2) is 144 Å². The van der Waals surface area contributed by atoms with E-state index in [9.17, 15) is 18.9 Å². The van der Waals surface area contributed by atoms with Gasteiger partial charge in [0.2, 0.25) is 24.2 Å².